The topological polar surface area (TPSA) is 56.5 Å². The third-order valence-electron chi connectivity index (χ3n) is 2.50. The molecule has 0 fully saturated rings. The smallest absolute Gasteiger partial charge is 0.399 e. The molecule has 0 aliphatic carbocycles. The summed E-state index contributed by atoms with van der Waals surface area (Å²) in [5, 5.41) is 3.17. The molecule has 0 aliphatic rings. The molecule has 19 heavy (non-hydrogen) atoms. The molecule has 5 heteroatoms. The second kappa shape index (κ2) is 6.92. The highest BCUT2D eigenvalue weighted by molar-refractivity contribution is 5.29. The van der Waals surface area contributed by atoms with Crippen molar-refractivity contribution >= 4 is 0 Å². The van der Waals surface area contributed by atoms with Crippen LogP contribution < -0.4 is 10.1 Å². The van der Waals surface area contributed by atoms with Crippen LogP contribution in [0.3, 0.4) is 0 Å². The fourth-order valence-electron chi connectivity index (χ4n) is 1.64. The van der Waals surface area contributed by atoms with E-state index in [9.17, 15) is 0 Å². The number of oxazole rings is 1. The first-order chi connectivity index (χ1) is 9.31. The van der Waals surface area contributed by atoms with Crippen LogP contribution in [0.4, 0.5) is 0 Å². The van der Waals surface area contributed by atoms with E-state index in [1.54, 1.807) is 13.4 Å². The molecule has 0 amide bonds. The van der Waals surface area contributed by atoms with E-state index in [-0.39, 0.29) is 6.08 Å². The molecule has 2 aromatic rings. The maximum atomic E-state index is 5.56. The zero-order valence-electron chi connectivity index (χ0n) is 11.2. The largest absolute Gasteiger partial charge is 0.417 e. The predicted octanol–water partition coefficient (Wildman–Crippen LogP) is 2.72. The summed E-state index contributed by atoms with van der Waals surface area (Å²) >= 11 is 0. The number of hydrogen-bond donors (Lipinski definition) is 1. The first-order valence-corrected chi connectivity index (χ1v) is 6.22. The minimum Gasteiger partial charge on any atom is -0.417 e. The average Bonchev–Trinajstić information content (AvgIpc) is 2.85. The highest BCUT2D eigenvalue weighted by atomic mass is 16.6. The number of benzene rings is 1. The monoisotopic (exact) mass is 262 g/mol. The lowest BCUT2D eigenvalue weighted by Crippen LogP contribution is -2.11. The highest BCUT2D eigenvalue weighted by Crippen LogP contribution is 2.21. The van der Waals surface area contributed by atoms with E-state index in [1.807, 2.05) is 31.2 Å². The van der Waals surface area contributed by atoms with Crippen molar-refractivity contribution in [2.24, 2.45) is 0 Å². The molecule has 1 N–H and O–H groups in total. The minimum absolute atomic E-state index is 0.252. The van der Waals surface area contributed by atoms with Gasteiger partial charge in [-0.3, -0.25) is 0 Å². The molecule has 0 radical (unpaired) electrons. The van der Waals surface area contributed by atoms with Gasteiger partial charge in [-0.2, -0.15) is 4.98 Å². The van der Waals surface area contributed by atoms with E-state index in [1.165, 1.54) is 0 Å². The van der Waals surface area contributed by atoms with Crippen LogP contribution in [0.25, 0.3) is 0 Å². The zero-order valence-corrected chi connectivity index (χ0v) is 11.2. The third-order valence-corrected chi connectivity index (χ3v) is 2.50. The summed E-state index contributed by atoms with van der Waals surface area (Å²) in [4.78, 5) is 4.24. The van der Waals surface area contributed by atoms with E-state index in [4.69, 9.17) is 13.9 Å². The lowest BCUT2D eigenvalue weighted by atomic mass is 10.2. The molecule has 1 heterocycles. The van der Waals surface area contributed by atoms with Crippen molar-refractivity contribution in [3.63, 3.8) is 0 Å². The standard InChI is InChI=1S/C14H18N2O3/c1-3-15-8-12-10-18-14(16-12)19-13-6-4-5-11(7-13)9-17-2/h4-7,10,15H,3,8-9H2,1-2H3. The number of methoxy groups -OCH3 is 1. The lowest BCUT2D eigenvalue weighted by Gasteiger charge is -2.03. The Bertz CT molecular complexity index is 511. The highest BCUT2D eigenvalue weighted by Gasteiger charge is 2.06. The summed E-state index contributed by atoms with van der Waals surface area (Å²) in [5.41, 5.74) is 1.87. The number of ether oxygens (including phenoxy) is 2. The Kier molecular flexibility index (Phi) is 4.94. The predicted molar refractivity (Wildman–Crippen MR) is 71.1 cm³/mol. The van der Waals surface area contributed by atoms with E-state index in [0.717, 1.165) is 17.8 Å². The SMILES string of the molecule is CCNCc1coc(Oc2cccc(COC)c2)n1. The van der Waals surface area contributed by atoms with Crippen LogP contribution in [0.15, 0.2) is 34.9 Å². The second-order valence-corrected chi connectivity index (χ2v) is 4.07. The van der Waals surface area contributed by atoms with E-state index >= 15 is 0 Å². The Balaban J connectivity index is 2.00. The summed E-state index contributed by atoms with van der Waals surface area (Å²) < 4.78 is 15.9. The maximum absolute atomic E-state index is 5.56. The van der Waals surface area contributed by atoms with Crippen molar-refractivity contribution in [3.8, 4) is 11.8 Å². The molecule has 0 spiro atoms. The first-order valence-electron chi connectivity index (χ1n) is 6.22. The molecule has 102 valence electrons. The molecule has 0 saturated heterocycles. The summed E-state index contributed by atoms with van der Waals surface area (Å²) in [6.45, 7) is 4.16. The molecular formula is C14H18N2O3. The van der Waals surface area contributed by atoms with Crippen LogP contribution in [0, 0.1) is 0 Å². The van der Waals surface area contributed by atoms with Crippen molar-refractivity contribution in [2.45, 2.75) is 20.1 Å². The van der Waals surface area contributed by atoms with Crippen LogP contribution in [-0.4, -0.2) is 18.6 Å². The Labute approximate surface area is 112 Å². The Hall–Kier alpha value is -1.85. The van der Waals surface area contributed by atoms with Crippen molar-refractivity contribution in [1.29, 1.82) is 0 Å². The summed E-state index contributed by atoms with van der Waals surface area (Å²) in [6, 6.07) is 7.64. The fourth-order valence-corrected chi connectivity index (χ4v) is 1.64. The molecule has 1 aromatic heterocycles. The van der Waals surface area contributed by atoms with Crippen molar-refractivity contribution in [3.05, 3.63) is 41.8 Å². The van der Waals surface area contributed by atoms with Crippen LogP contribution >= 0.6 is 0 Å². The Morgan fingerprint density at radius 2 is 2.26 bits per heavy atom. The third kappa shape index (κ3) is 4.08. The zero-order chi connectivity index (χ0) is 13.5. The summed E-state index contributed by atoms with van der Waals surface area (Å²) in [7, 11) is 1.66. The van der Waals surface area contributed by atoms with Crippen LogP contribution in [0.2, 0.25) is 0 Å². The van der Waals surface area contributed by atoms with Gasteiger partial charge in [-0.15, -0.1) is 0 Å². The second-order valence-electron chi connectivity index (χ2n) is 4.07. The quantitative estimate of drug-likeness (QED) is 0.831. The summed E-state index contributed by atoms with van der Waals surface area (Å²) in [6.07, 6.45) is 1.85. The van der Waals surface area contributed by atoms with Gasteiger partial charge in [0.15, 0.2) is 0 Å². The molecular weight excluding hydrogens is 244 g/mol. The van der Waals surface area contributed by atoms with Gasteiger partial charge in [0.05, 0.1) is 12.3 Å². The van der Waals surface area contributed by atoms with Gasteiger partial charge in [-0.1, -0.05) is 19.1 Å². The van der Waals surface area contributed by atoms with E-state index in [0.29, 0.717) is 18.9 Å². The molecule has 1 aromatic carbocycles. The lowest BCUT2D eigenvalue weighted by molar-refractivity contribution is 0.184. The minimum atomic E-state index is 0.252. The fraction of sp³-hybridized carbons (Fsp3) is 0.357. The molecule has 0 bridgehead atoms. The van der Waals surface area contributed by atoms with Crippen molar-refractivity contribution < 1.29 is 13.9 Å². The van der Waals surface area contributed by atoms with Gasteiger partial charge in [-0.05, 0) is 24.2 Å². The Morgan fingerprint density at radius 1 is 1.37 bits per heavy atom. The molecule has 2 rings (SSSR count). The average molecular weight is 262 g/mol. The summed E-state index contributed by atoms with van der Waals surface area (Å²) in [5.74, 6) is 0.686. The molecule has 0 unspecified atom stereocenters. The number of rotatable bonds is 7. The number of nitrogens with zero attached hydrogens (tertiary/aromatic N) is 1. The Morgan fingerprint density at radius 3 is 3.05 bits per heavy atom. The first kappa shape index (κ1) is 13.6. The number of aromatic nitrogens is 1. The van der Waals surface area contributed by atoms with Gasteiger partial charge in [0.2, 0.25) is 0 Å². The maximum Gasteiger partial charge on any atom is 0.399 e. The van der Waals surface area contributed by atoms with Gasteiger partial charge in [0.25, 0.3) is 0 Å². The molecule has 0 atom stereocenters. The van der Waals surface area contributed by atoms with Crippen molar-refractivity contribution in [1.82, 2.24) is 10.3 Å². The van der Waals surface area contributed by atoms with Gasteiger partial charge in [-0.25, -0.2) is 0 Å². The number of hydrogen-bond acceptors (Lipinski definition) is 5. The van der Waals surface area contributed by atoms with Crippen LogP contribution in [-0.2, 0) is 17.9 Å². The molecule has 0 aliphatic heterocycles. The molecule has 5 nitrogen and oxygen atoms in total. The van der Waals surface area contributed by atoms with Gasteiger partial charge in [0.1, 0.15) is 12.0 Å². The van der Waals surface area contributed by atoms with E-state index < -0.39 is 0 Å². The van der Waals surface area contributed by atoms with E-state index in [2.05, 4.69) is 10.3 Å². The van der Waals surface area contributed by atoms with Gasteiger partial charge >= 0.3 is 6.08 Å². The van der Waals surface area contributed by atoms with Crippen molar-refractivity contribution in [2.75, 3.05) is 13.7 Å². The number of nitrogens with one attached hydrogen (secondary N) is 1. The van der Waals surface area contributed by atoms with Crippen LogP contribution in [0.1, 0.15) is 18.2 Å². The van der Waals surface area contributed by atoms with Crippen LogP contribution in [0.5, 0.6) is 11.8 Å². The molecule has 0 saturated carbocycles. The van der Waals surface area contributed by atoms with Gasteiger partial charge in [0, 0.05) is 13.7 Å². The van der Waals surface area contributed by atoms with Gasteiger partial charge < -0.3 is 19.2 Å². The normalized spacial score (nSPS) is 10.6.